The van der Waals surface area contributed by atoms with Gasteiger partial charge in [-0.25, -0.2) is 0 Å². The van der Waals surface area contributed by atoms with Gasteiger partial charge in [-0.3, -0.25) is 0 Å². The van der Waals surface area contributed by atoms with Crippen LogP contribution in [0.5, 0.6) is 0 Å². The van der Waals surface area contributed by atoms with Gasteiger partial charge >= 0.3 is 0 Å². The Morgan fingerprint density at radius 1 is 0.789 bits per heavy atom. The van der Waals surface area contributed by atoms with E-state index in [4.69, 9.17) is 0 Å². The van der Waals surface area contributed by atoms with Crippen LogP contribution in [0.1, 0.15) is 84.5 Å². The highest BCUT2D eigenvalue weighted by Gasteiger charge is 2.34. The van der Waals surface area contributed by atoms with Crippen molar-refractivity contribution in [3.05, 3.63) is 0 Å². The second kappa shape index (κ2) is 7.67. The molecule has 0 amide bonds. The fourth-order valence-electron chi connectivity index (χ4n) is 4.38. The van der Waals surface area contributed by atoms with Gasteiger partial charge < -0.3 is 5.32 Å². The summed E-state index contributed by atoms with van der Waals surface area (Å²) in [6.45, 7) is 7.27. The molecule has 0 aromatic heterocycles. The molecule has 0 unspecified atom stereocenters. The van der Waals surface area contributed by atoms with Crippen LogP contribution < -0.4 is 5.32 Å². The van der Waals surface area contributed by atoms with Gasteiger partial charge in [-0.15, -0.1) is 0 Å². The van der Waals surface area contributed by atoms with Crippen molar-refractivity contribution in [1.29, 1.82) is 0 Å². The number of rotatable bonds is 1. The maximum atomic E-state index is 3.44. The zero-order valence-electron chi connectivity index (χ0n) is 13.3. The topological polar surface area (TPSA) is 12.0 Å². The Balaban J connectivity index is 0.000000141. The van der Waals surface area contributed by atoms with Crippen LogP contribution in [-0.2, 0) is 0 Å². The first-order valence-electron chi connectivity index (χ1n) is 8.93. The summed E-state index contributed by atoms with van der Waals surface area (Å²) in [4.78, 5) is 0. The molecule has 1 aliphatic heterocycles. The second-order valence-corrected chi connectivity index (χ2v) is 7.60. The summed E-state index contributed by atoms with van der Waals surface area (Å²) in [7, 11) is 0. The number of nitrogens with one attached hydrogen (secondary N) is 1. The molecule has 1 spiro atoms. The van der Waals surface area contributed by atoms with Crippen LogP contribution in [0.4, 0.5) is 0 Å². The molecule has 3 rings (SSSR count). The summed E-state index contributed by atoms with van der Waals surface area (Å²) < 4.78 is 0. The third kappa shape index (κ3) is 4.77. The highest BCUT2D eigenvalue weighted by molar-refractivity contribution is 4.88. The van der Waals surface area contributed by atoms with Crippen LogP contribution in [0.15, 0.2) is 0 Å². The molecule has 2 saturated carbocycles. The minimum atomic E-state index is 0.811. The van der Waals surface area contributed by atoms with Crippen molar-refractivity contribution in [2.45, 2.75) is 84.5 Å². The third-order valence-corrected chi connectivity index (χ3v) is 5.92. The molecule has 0 atom stereocenters. The molecular weight excluding hydrogens is 230 g/mol. The van der Waals surface area contributed by atoms with Crippen LogP contribution >= 0.6 is 0 Å². The van der Waals surface area contributed by atoms with Gasteiger partial charge in [0.2, 0.25) is 0 Å². The monoisotopic (exact) mass is 265 g/mol. The summed E-state index contributed by atoms with van der Waals surface area (Å²) in [6, 6.07) is 0. The van der Waals surface area contributed by atoms with E-state index < -0.39 is 0 Å². The van der Waals surface area contributed by atoms with Gasteiger partial charge in [-0.2, -0.15) is 0 Å². The Morgan fingerprint density at radius 2 is 1.37 bits per heavy atom. The number of hydrogen-bond donors (Lipinski definition) is 1. The molecule has 3 aliphatic rings. The molecule has 1 saturated heterocycles. The van der Waals surface area contributed by atoms with E-state index >= 15 is 0 Å². The van der Waals surface area contributed by atoms with Gasteiger partial charge in [0.05, 0.1) is 0 Å². The molecule has 0 aromatic carbocycles. The predicted molar refractivity (Wildman–Crippen MR) is 84.4 cm³/mol. The molecule has 2 aliphatic carbocycles. The Morgan fingerprint density at radius 3 is 1.84 bits per heavy atom. The lowest BCUT2D eigenvalue weighted by Crippen LogP contribution is -2.34. The average molecular weight is 265 g/mol. The van der Waals surface area contributed by atoms with Crippen molar-refractivity contribution in [3.8, 4) is 0 Å². The van der Waals surface area contributed by atoms with Crippen molar-refractivity contribution in [2.24, 2.45) is 17.3 Å². The zero-order chi connectivity index (χ0) is 13.6. The van der Waals surface area contributed by atoms with Crippen LogP contribution in [-0.4, -0.2) is 13.1 Å². The van der Waals surface area contributed by atoms with E-state index in [0.29, 0.717) is 0 Å². The summed E-state index contributed by atoms with van der Waals surface area (Å²) in [6.07, 6.45) is 16.4. The number of piperidine rings is 1. The standard InChI is InChI=1S/C9H17N.C9H18/c1-2-4-9(3-1)5-7-10-8-6-9;1-8(2)9-6-4-3-5-7-9/h10H,1-8H2;8-9H,3-7H2,1-2H3. The van der Waals surface area contributed by atoms with Gasteiger partial charge in [-0.1, -0.05) is 58.8 Å². The van der Waals surface area contributed by atoms with Crippen molar-refractivity contribution in [2.75, 3.05) is 13.1 Å². The zero-order valence-corrected chi connectivity index (χ0v) is 13.3. The Hall–Kier alpha value is -0.0400. The fraction of sp³-hybridized carbons (Fsp3) is 1.00. The van der Waals surface area contributed by atoms with E-state index in [0.717, 1.165) is 17.3 Å². The maximum absolute atomic E-state index is 3.44. The predicted octanol–water partition coefficient (Wildman–Crippen LogP) is 5.15. The van der Waals surface area contributed by atoms with E-state index in [1.54, 1.807) is 0 Å². The average Bonchev–Trinajstić information content (AvgIpc) is 2.89. The largest absolute Gasteiger partial charge is 0.317 e. The van der Waals surface area contributed by atoms with Gasteiger partial charge in [0.25, 0.3) is 0 Å². The van der Waals surface area contributed by atoms with E-state index in [1.165, 1.54) is 83.7 Å². The molecular formula is C18H35N. The van der Waals surface area contributed by atoms with E-state index in [1.807, 2.05) is 0 Å². The Bertz CT molecular complexity index is 226. The molecule has 1 heterocycles. The van der Waals surface area contributed by atoms with Crippen molar-refractivity contribution in [3.63, 3.8) is 0 Å². The molecule has 0 aromatic rings. The van der Waals surface area contributed by atoms with Crippen molar-refractivity contribution >= 4 is 0 Å². The normalized spacial score (nSPS) is 27.3. The third-order valence-electron chi connectivity index (χ3n) is 5.92. The molecule has 1 N–H and O–H groups in total. The first-order chi connectivity index (χ1) is 9.22. The lowest BCUT2D eigenvalue weighted by Gasteiger charge is -2.33. The molecule has 112 valence electrons. The van der Waals surface area contributed by atoms with Gasteiger partial charge in [0.1, 0.15) is 0 Å². The quantitative estimate of drug-likeness (QED) is 0.691. The lowest BCUT2D eigenvalue weighted by atomic mass is 9.78. The molecule has 1 heteroatoms. The molecule has 0 radical (unpaired) electrons. The van der Waals surface area contributed by atoms with Crippen LogP contribution in [0.2, 0.25) is 0 Å². The Labute approximate surface area is 120 Å². The minimum absolute atomic E-state index is 0.811. The molecule has 1 nitrogen and oxygen atoms in total. The molecule has 19 heavy (non-hydrogen) atoms. The maximum Gasteiger partial charge on any atom is -0.00436 e. The van der Waals surface area contributed by atoms with E-state index in [2.05, 4.69) is 19.2 Å². The molecule has 3 fully saturated rings. The van der Waals surface area contributed by atoms with Crippen molar-refractivity contribution in [1.82, 2.24) is 5.32 Å². The smallest absolute Gasteiger partial charge is 0.00436 e. The summed E-state index contributed by atoms with van der Waals surface area (Å²) in [5, 5.41) is 3.44. The van der Waals surface area contributed by atoms with Crippen LogP contribution in [0.25, 0.3) is 0 Å². The van der Waals surface area contributed by atoms with Crippen LogP contribution in [0, 0.1) is 17.3 Å². The highest BCUT2D eigenvalue weighted by atomic mass is 14.9. The summed E-state index contributed by atoms with van der Waals surface area (Å²) in [5.74, 6) is 1.99. The van der Waals surface area contributed by atoms with E-state index in [9.17, 15) is 0 Å². The first kappa shape index (κ1) is 15.4. The fourth-order valence-corrected chi connectivity index (χ4v) is 4.38. The molecule has 0 bridgehead atoms. The second-order valence-electron chi connectivity index (χ2n) is 7.60. The van der Waals surface area contributed by atoms with Gasteiger partial charge in [0, 0.05) is 0 Å². The Kier molecular flexibility index (Phi) is 6.19. The van der Waals surface area contributed by atoms with Crippen LogP contribution in [0.3, 0.4) is 0 Å². The van der Waals surface area contributed by atoms with Gasteiger partial charge in [0.15, 0.2) is 0 Å². The number of hydrogen-bond acceptors (Lipinski definition) is 1. The van der Waals surface area contributed by atoms with Crippen molar-refractivity contribution < 1.29 is 0 Å². The first-order valence-corrected chi connectivity index (χ1v) is 8.93. The summed E-state index contributed by atoms with van der Waals surface area (Å²) in [5.41, 5.74) is 0.811. The lowest BCUT2D eigenvalue weighted by molar-refractivity contribution is 0.210. The minimum Gasteiger partial charge on any atom is -0.317 e. The van der Waals surface area contributed by atoms with E-state index in [-0.39, 0.29) is 0 Å². The highest BCUT2D eigenvalue weighted by Crippen LogP contribution is 2.44. The van der Waals surface area contributed by atoms with Gasteiger partial charge in [-0.05, 0) is 56.0 Å². The summed E-state index contributed by atoms with van der Waals surface area (Å²) >= 11 is 0. The SMILES string of the molecule is C1CCC2(C1)CCNCC2.CC(C)C1CCCCC1.